The molecule has 0 saturated heterocycles. The van der Waals surface area contributed by atoms with Crippen molar-refractivity contribution in [2.75, 3.05) is 6.61 Å². The van der Waals surface area contributed by atoms with Crippen LogP contribution in [-0.2, 0) is 7.05 Å². The van der Waals surface area contributed by atoms with Gasteiger partial charge in [0.15, 0.2) is 5.65 Å². The Morgan fingerprint density at radius 2 is 2.07 bits per heavy atom. The molecule has 0 radical (unpaired) electrons. The molecule has 1 aliphatic heterocycles. The second-order valence-electron chi connectivity index (χ2n) is 7.66. The van der Waals surface area contributed by atoms with Gasteiger partial charge < -0.3 is 15.5 Å². The highest BCUT2D eigenvalue weighted by molar-refractivity contribution is 5.92. The minimum absolute atomic E-state index is 0. The molecule has 1 unspecified atom stereocenters. The Labute approximate surface area is 181 Å². The van der Waals surface area contributed by atoms with E-state index in [1.54, 1.807) is 6.20 Å². The van der Waals surface area contributed by atoms with Crippen LogP contribution in [0.15, 0.2) is 30.5 Å². The van der Waals surface area contributed by atoms with E-state index in [-0.39, 0.29) is 18.4 Å². The summed E-state index contributed by atoms with van der Waals surface area (Å²) in [6, 6.07) is 8.26. The maximum absolute atomic E-state index is 6.31. The zero-order chi connectivity index (χ0) is 20.1. The first-order chi connectivity index (χ1) is 14.0. The molecule has 1 aromatic carbocycles. The van der Waals surface area contributed by atoms with Crippen molar-refractivity contribution in [3.63, 3.8) is 0 Å². The Morgan fingerprint density at radius 1 is 1.23 bits per heavy atom. The number of fused-ring (bicyclic) bond motifs is 2. The van der Waals surface area contributed by atoms with Crippen LogP contribution in [0.5, 0.6) is 5.75 Å². The number of hydrogen-bond donors (Lipinski definition) is 2. The summed E-state index contributed by atoms with van der Waals surface area (Å²) in [7, 11) is 1.94. The molecule has 0 spiro atoms. The van der Waals surface area contributed by atoms with Crippen molar-refractivity contribution in [3.8, 4) is 28.3 Å². The number of H-pyrrole nitrogens is 1. The average molecular weight is 425 g/mol. The maximum Gasteiger partial charge on any atom is 0.158 e. The second kappa shape index (κ2) is 7.74. The molecule has 0 amide bonds. The molecule has 0 bridgehead atoms. The van der Waals surface area contributed by atoms with Gasteiger partial charge in [-0.05, 0) is 44.4 Å². The summed E-state index contributed by atoms with van der Waals surface area (Å²) in [4.78, 5) is 12.8. The van der Waals surface area contributed by atoms with E-state index < -0.39 is 0 Å². The van der Waals surface area contributed by atoms with Crippen LogP contribution in [0, 0.1) is 13.8 Å². The van der Waals surface area contributed by atoms with Crippen LogP contribution in [0.25, 0.3) is 33.7 Å². The van der Waals surface area contributed by atoms with Crippen LogP contribution >= 0.6 is 12.4 Å². The lowest BCUT2D eigenvalue weighted by atomic mass is 9.98. The minimum atomic E-state index is 0. The quantitative estimate of drug-likeness (QED) is 0.502. The van der Waals surface area contributed by atoms with Gasteiger partial charge in [-0.1, -0.05) is 12.1 Å². The first-order valence-corrected chi connectivity index (χ1v) is 9.91. The SMILES string of the molecule is Cc1nn(C)c(C)c1-c1nc2c(-c3ccc4c(c3)OCCCC4N)ccnc2[nH]1.Cl. The molecule has 156 valence electrons. The van der Waals surface area contributed by atoms with E-state index in [4.69, 9.17) is 15.5 Å². The third-order valence-corrected chi connectivity index (χ3v) is 5.77. The molecule has 8 heteroatoms. The van der Waals surface area contributed by atoms with E-state index in [1.807, 2.05) is 31.6 Å². The van der Waals surface area contributed by atoms with Crippen LogP contribution in [0.2, 0.25) is 0 Å². The van der Waals surface area contributed by atoms with Crippen molar-refractivity contribution in [3.05, 3.63) is 47.4 Å². The van der Waals surface area contributed by atoms with Crippen molar-refractivity contribution in [2.24, 2.45) is 12.8 Å². The van der Waals surface area contributed by atoms with Gasteiger partial charge in [0.25, 0.3) is 0 Å². The Balaban J connectivity index is 0.00000218. The molecule has 3 aromatic heterocycles. The molecule has 30 heavy (non-hydrogen) atoms. The van der Waals surface area contributed by atoms with Gasteiger partial charge in [-0.25, -0.2) is 9.97 Å². The fourth-order valence-corrected chi connectivity index (χ4v) is 4.15. The van der Waals surface area contributed by atoms with Crippen LogP contribution in [0.4, 0.5) is 0 Å². The lowest BCUT2D eigenvalue weighted by Crippen LogP contribution is -2.08. The lowest BCUT2D eigenvalue weighted by molar-refractivity contribution is 0.316. The number of nitrogens with zero attached hydrogens (tertiary/aromatic N) is 4. The molecule has 4 aromatic rings. The molecule has 1 aliphatic rings. The first kappa shape index (κ1) is 20.4. The molecule has 5 rings (SSSR count). The fraction of sp³-hybridized carbons (Fsp3) is 0.318. The van der Waals surface area contributed by atoms with Gasteiger partial charge in [-0.3, -0.25) is 4.68 Å². The summed E-state index contributed by atoms with van der Waals surface area (Å²) in [5.41, 5.74) is 14.1. The largest absolute Gasteiger partial charge is 0.493 e. The normalized spacial score (nSPS) is 15.9. The number of rotatable bonds is 2. The van der Waals surface area contributed by atoms with E-state index in [0.29, 0.717) is 6.61 Å². The molecule has 7 nitrogen and oxygen atoms in total. The smallest absolute Gasteiger partial charge is 0.158 e. The molecule has 3 N–H and O–H groups in total. The molecular weight excluding hydrogens is 400 g/mol. The van der Waals surface area contributed by atoms with Gasteiger partial charge in [0, 0.05) is 36.1 Å². The number of benzene rings is 1. The molecule has 0 aliphatic carbocycles. The molecule has 4 heterocycles. The maximum atomic E-state index is 6.31. The third kappa shape index (κ3) is 3.24. The van der Waals surface area contributed by atoms with Crippen LogP contribution in [-0.4, -0.2) is 31.3 Å². The molecule has 1 atom stereocenters. The average Bonchev–Trinajstić information content (AvgIpc) is 3.17. The highest BCUT2D eigenvalue weighted by atomic mass is 35.5. The number of aromatic nitrogens is 5. The van der Waals surface area contributed by atoms with Gasteiger partial charge >= 0.3 is 0 Å². The summed E-state index contributed by atoms with van der Waals surface area (Å²) in [6.45, 7) is 4.74. The van der Waals surface area contributed by atoms with Gasteiger partial charge in [-0.2, -0.15) is 5.10 Å². The molecule has 0 saturated carbocycles. The van der Waals surface area contributed by atoms with Crippen molar-refractivity contribution in [2.45, 2.75) is 32.7 Å². The number of halogens is 1. The predicted molar refractivity (Wildman–Crippen MR) is 120 cm³/mol. The molecule has 0 fully saturated rings. The Morgan fingerprint density at radius 3 is 2.83 bits per heavy atom. The Hall–Kier alpha value is -2.90. The van der Waals surface area contributed by atoms with Crippen LogP contribution in [0.1, 0.15) is 35.8 Å². The highest BCUT2D eigenvalue weighted by Crippen LogP contribution is 2.36. The standard InChI is InChI=1S/C22H24N6O.ClH/c1-12-19(13(2)28(3)27-12)21-25-20-15(8-9-24-22(20)26-21)14-6-7-16-17(23)5-4-10-29-18(16)11-14;/h6-9,11,17H,4-5,10,23H2,1-3H3,(H,24,25,26);1H. The summed E-state index contributed by atoms with van der Waals surface area (Å²) < 4.78 is 7.84. The van der Waals surface area contributed by atoms with Crippen molar-refractivity contribution < 1.29 is 4.74 Å². The number of pyridine rings is 1. The number of hydrogen-bond acceptors (Lipinski definition) is 5. The molecular formula is C22H25ClN6O. The third-order valence-electron chi connectivity index (χ3n) is 5.77. The Bertz CT molecular complexity index is 1230. The zero-order valence-electron chi connectivity index (χ0n) is 17.3. The number of nitrogens with one attached hydrogen (secondary N) is 1. The fourth-order valence-electron chi connectivity index (χ4n) is 4.15. The lowest BCUT2D eigenvalue weighted by Gasteiger charge is -2.13. The number of imidazole rings is 1. The first-order valence-electron chi connectivity index (χ1n) is 9.91. The Kier molecular flexibility index (Phi) is 5.26. The summed E-state index contributed by atoms with van der Waals surface area (Å²) >= 11 is 0. The number of aryl methyl sites for hydroxylation is 2. The van der Waals surface area contributed by atoms with Crippen molar-refractivity contribution in [1.82, 2.24) is 24.7 Å². The van der Waals surface area contributed by atoms with Crippen LogP contribution < -0.4 is 10.5 Å². The van der Waals surface area contributed by atoms with Gasteiger partial charge in [0.05, 0.1) is 17.9 Å². The van der Waals surface area contributed by atoms with E-state index in [0.717, 1.165) is 69.2 Å². The number of ether oxygens (including phenoxy) is 1. The number of aromatic amines is 1. The number of nitrogens with two attached hydrogens (primary N) is 1. The zero-order valence-corrected chi connectivity index (χ0v) is 18.1. The van der Waals surface area contributed by atoms with E-state index >= 15 is 0 Å². The summed E-state index contributed by atoms with van der Waals surface area (Å²) in [5.74, 6) is 1.66. The minimum Gasteiger partial charge on any atom is -0.493 e. The predicted octanol–water partition coefficient (Wildman–Crippen LogP) is 4.24. The monoisotopic (exact) mass is 424 g/mol. The van der Waals surface area contributed by atoms with E-state index in [2.05, 4.69) is 33.3 Å². The van der Waals surface area contributed by atoms with E-state index in [1.165, 1.54) is 0 Å². The summed E-state index contributed by atoms with van der Waals surface area (Å²) in [5, 5.41) is 4.51. The van der Waals surface area contributed by atoms with Gasteiger partial charge in [0.2, 0.25) is 0 Å². The summed E-state index contributed by atoms with van der Waals surface area (Å²) in [6.07, 6.45) is 3.72. The van der Waals surface area contributed by atoms with Gasteiger partial charge in [0.1, 0.15) is 17.1 Å². The topological polar surface area (TPSA) is 94.6 Å². The highest BCUT2D eigenvalue weighted by Gasteiger charge is 2.20. The van der Waals surface area contributed by atoms with E-state index in [9.17, 15) is 0 Å². The van der Waals surface area contributed by atoms with Crippen LogP contribution in [0.3, 0.4) is 0 Å². The van der Waals surface area contributed by atoms with Crippen molar-refractivity contribution >= 4 is 23.6 Å². The van der Waals surface area contributed by atoms with Gasteiger partial charge in [-0.15, -0.1) is 12.4 Å². The second-order valence-corrected chi connectivity index (χ2v) is 7.66. The van der Waals surface area contributed by atoms with Crippen molar-refractivity contribution in [1.29, 1.82) is 0 Å².